The van der Waals surface area contributed by atoms with Gasteiger partial charge in [-0.15, -0.1) is 11.3 Å². The lowest BCUT2D eigenvalue weighted by Gasteiger charge is -2.18. The standard InChI is InChI=1S/C17H18N2O3S2/c1-17(2,3)13(20)7-15-19(14(21)10-24-15)8-11-9-22-16(18-11)12-5-4-6-23-12/h4-7,9H,8,10H2,1-3H3/b15-7-. The van der Waals surface area contributed by atoms with Gasteiger partial charge in [0.2, 0.25) is 11.8 Å². The number of allylic oxidation sites excluding steroid dienone is 1. The maximum Gasteiger partial charge on any atom is 0.238 e. The number of carbonyl (C=O) groups is 2. The molecule has 126 valence electrons. The van der Waals surface area contributed by atoms with Crippen LogP contribution in [0, 0.1) is 5.41 Å². The van der Waals surface area contributed by atoms with E-state index >= 15 is 0 Å². The van der Waals surface area contributed by atoms with Gasteiger partial charge < -0.3 is 4.42 Å². The van der Waals surface area contributed by atoms with Crippen molar-refractivity contribution in [1.29, 1.82) is 0 Å². The molecule has 2 aromatic rings. The van der Waals surface area contributed by atoms with E-state index in [0.29, 0.717) is 28.9 Å². The van der Waals surface area contributed by atoms with Crippen LogP contribution in [0.3, 0.4) is 0 Å². The molecule has 3 heterocycles. The number of nitrogens with zero attached hydrogens (tertiary/aromatic N) is 2. The van der Waals surface area contributed by atoms with Crippen LogP contribution < -0.4 is 0 Å². The topological polar surface area (TPSA) is 63.4 Å². The van der Waals surface area contributed by atoms with E-state index in [9.17, 15) is 9.59 Å². The number of hydrogen-bond acceptors (Lipinski definition) is 6. The maximum atomic E-state index is 12.2. The zero-order chi connectivity index (χ0) is 17.3. The molecule has 7 heteroatoms. The van der Waals surface area contributed by atoms with E-state index in [4.69, 9.17) is 4.42 Å². The first-order valence-electron chi connectivity index (χ1n) is 7.52. The molecule has 3 rings (SSSR count). The minimum atomic E-state index is -0.467. The normalized spacial score (nSPS) is 17.0. The van der Waals surface area contributed by atoms with E-state index < -0.39 is 5.41 Å². The molecule has 1 fully saturated rings. The van der Waals surface area contributed by atoms with Crippen molar-refractivity contribution in [1.82, 2.24) is 9.88 Å². The molecule has 0 spiro atoms. The van der Waals surface area contributed by atoms with Crippen LogP contribution in [0.1, 0.15) is 26.5 Å². The highest BCUT2D eigenvalue weighted by Crippen LogP contribution is 2.32. The smallest absolute Gasteiger partial charge is 0.238 e. The first kappa shape index (κ1) is 17.0. The summed E-state index contributed by atoms with van der Waals surface area (Å²) in [5, 5.41) is 2.64. The van der Waals surface area contributed by atoms with Gasteiger partial charge in [-0.2, -0.15) is 0 Å². The molecule has 0 aliphatic carbocycles. The first-order valence-corrected chi connectivity index (χ1v) is 9.39. The fraction of sp³-hybridized carbons (Fsp3) is 0.353. The zero-order valence-corrected chi connectivity index (χ0v) is 15.4. The Morgan fingerprint density at radius 2 is 2.25 bits per heavy atom. The molecular formula is C17H18N2O3S2. The van der Waals surface area contributed by atoms with Crippen molar-refractivity contribution in [3.63, 3.8) is 0 Å². The van der Waals surface area contributed by atoms with Crippen molar-refractivity contribution in [2.24, 2.45) is 5.41 Å². The van der Waals surface area contributed by atoms with Gasteiger partial charge in [0.25, 0.3) is 0 Å². The number of ketones is 1. The van der Waals surface area contributed by atoms with Gasteiger partial charge in [0.15, 0.2) is 5.78 Å². The van der Waals surface area contributed by atoms with Crippen molar-refractivity contribution in [3.05, 3.63) is 40.6 Å². The van der Waals surface area contributed by atoms with Crippen LogP contribution in [-0.4, -0.2) is 27.3 Å². The average Bonchev–Trinajstić information content (AvgIpc) is 3.22. The van der Waals surface area contributed by atoms with Gasteiger partial charge in [-0.3, -0.25) is 14.5 Å². The summed E-state index contributed by atoms with van der Waals surface area (Å²) in [5.74, 6) is 0.882. The largest absolute Gasteiger partial charge is 0.443 e. The van der Waals surface area contributed by atoms with Gasteiger partial charge >= 0.3 is 0 Å². The number of amides is 1. The Kier molecular flexibility index (Phi) is 4.64. The molecule has 2 aromatic heterocycles. The van der Waals surface area contributed by atoms with Crippen LogP contribution in [0.2, 0.25) is 0 Å². The molecule has 5 nitrogen and oxygen atoms in total. The molecule has 0 unspecified atom stereocenters. The van der Waals surface area contributed by atoms with Gasteiger partial charge in [-0.1, -0.05) is 38.6 Å². The third-order valence-electron chi connectivity index (χ3n) is 3.51. The molecule has 1 saturated heterocycles. The number of oxazole rings is 1. The molecule has 0 atom stereocenters. The summed E-state index contributed by atoms with van der Waals surface area (Å²) in [7, 11) is 0. The van der Waals surface area contributed by atoms with Crippen molar-refractivity contribution in [2.45, 2.75) is 27.3 Å². The summed E-state index contributed by atoms with van der Waals surface area (Å²) >= 11 is 2.93. The fourth-order valence-corrected chi connectivity index (χ4v) is 3.68. The molecule has 0 saturated carbocycles. The van der Waals surface area contributed by atoms with Crippen molar-refractivity contribution >= 4 is 34.8 Å². The third-order valence-corrected chi connectivity index (χ3v) is 5.39. The summed E-state index contributed by atoms with van der Waals surface area (Å²) in [6, 6.07) is 3.87. The second-order valence-electron chi connectivity index (χ2n) is 6.49. The van der Waals surface area contributed by atoms with Crippen molar-refractivity contribution in [2.75, 3.05) is 5.75 Å². The molecule has 0 radical (unpaired) electrons. The lowest BCUT2D eigenvalue weighted by Crippen LogP contribution is -2.26. The van der Waals surface area contributed by atoms with E-state index in [-0.39, 0.29) is 11.7 Å². The number of rotatable bonds is 4. The van der Waals surface area contributed by atoms with Gasteiger partial charge in [-0.25, -0.2) is 4.98 Å². The van der Waals surface area contributed by atoms with Crippen molar-refractivity contribution < 1.29 is 14.0 Å². The van der Waals surface area contributed by atoms with Gasteiger partial charge in [-0.05, 0) is 11.4 Å². The molecule has 1 amide bonds. The lowest BCUT2D eigenvalue weighted by atomic mass is 9.91. The monoisotopic (exact) mass is 362 g/mol. The van der Waals surface area contributed by atoms with E-state index in [2.05, 4.69) is 4.98 Å². The Balaban J connectivity index is 1.78. The summed E-state index contributed by atoms with van der Waals surface area (Å²) in [4.78, 5) is 31.4. The van der Waals surface area contributed by atoms with E-state index in [1.165, 1.54) is 11.8 Å². The molecule has 0 aromatic carbocycles. The highest BCUT2D eigenvalue weighted by molar-refractivity contribution is 8.04. The number of thiophene rings is 1. The Hall–Kier alpha value is -1.86. The van der Waals surface area contributed by atoms with Gasteiger partial charge in [0.05, 0.1) is 27.9 Å². The number of thioether (sulfide) groups is 1. The minimum absolute atomic E-state index is 0.00382. The minimum Gasteiger partial charge on any atom is -0.443 e. The highest BCUT2D eigenvalue weighted by atomic mass is 32.2. The predicted octanol–water partition coefficient (Wildman–Crippen LogP) is 3.94. The van der Waals surface area contributed by atoms with Crippen LogP contribution in [0.25, 0.3) is 10.8 Å². The second-order valence-corrected chi connectivity index (χ2v) is 8.43. The fourth-order valence-electron chi connectivity index (χ4n) is 2.08. The molecular weight excluding hydrogens is 344 g/mol. The maximum absolute atomic E-state index is 12.2. The quantitative estimate of drug-likeness (QED) is 0.771. The number of carbonyl (C=O) groups excluding carboxylic acids is 2. The Labute approximate surface area is 148 Å². The zero-order valence-electron chi connectivity index (χ0n) is 13.7. The van der Waals surface area contributed by atoms with Crippen LogP contribution in [-0.2, 0) is 16.1 Å². The highest BCUT2D eigenvalue weighted by Gasteiger charge is 2.30. The van der Waals surface area contributed by atoms with E-state index in [1.54, 1.807) is 28.6 Å². The first-order chi connectivity index (χ1) is 11.3. The summed E-state index contributed by atoms with van der Waals surface area (Å²) in [6.45, 7) is 5.90. The molecule has 24 heavy (non-hydrogen) atoms. The summed E-state index contributed by atoms with van der Waals surface area (Å²) < 4.78 is 5.49. The van der Waals surface area contributed by atoms with Crippen LogP contribution in [0.15, 0.2) is 39.3 Å². The van der Waals surface area contributed by atoms with E-state index in [1.807, 2.05) is 38.3 Å². The summed E-state index contributed by atoms with van der Waals surface area (Å²) in [5.41, 5.74) is 0.203. The lowest BCUT2D eigenvalue weighted by molar-refractivity contribution is -0.125. The van der Waals surface area contributed by atoms with Gasteiger partial charge in [0.1, 0.15) is 6.26 Å². The molecule has 0 bridgehead atoms. The Bertz CT molecular complexity index is 785. The van der Waals surface area contributed by atoms with Crippen LogP contribution >= 0.6 is 23.1 Å². The molecule has 1 aliphatic heterocycles. The van der Waals surface area contributed by atoms with Gasteiger partial charge in [0, 0.05) is 11.5 Å². The second kappa shape index (κ2) is 6.57. The van der Waals surface area contributed by atoms with Crippen molar-refractivity contribution in [3.8, 4) is 10.8 Å². The third kappa shape index (κ3) is 3.62. The van der Waals surface area contributed by atoms with Crippen LogP contribution in [0.5, 0.6) is 0 Å². The molecule has 1 aliphatic rings. The average molecular weight is 362 g/mol. The summed E-state index contributed by atoms with van der Waals surface area (Å²) in [6.07, 6.45) is 3.13. The number of hydrogen-bond donors (Lipinski definition) is 0. The SMILES string of the molecule is CC(C)(C)C(=O)/C=C1\SCC(=O)N1Cc1coc(-c2cccs2)n1. The van der Waals surface area contributed by atoms with Crippen LogP contribution in [0.4, 0.5) is 0 Å². The molecule has 0 N–H and O–H groups in total. The predicted molar refractivity (Wildman–Crippen MR) is 95.4 cm³/mol. The van der Waals surface area contributed by atoms with E-state index in [0.717, 1.165) is 4.88 Å². The number of aromatic nitrogens is 1. The Morgan fingerprint density at radius 3 is 2.92 bits per heavy atom. The Morgan fingerprint density at radius 1 is 1.46 bits per heavy atom.